The average Bonchev–Trinajstić information content (AvgIpc) is 3.70. The lowest BCUT2D eigenvalue weighted by molar-refractivity contribution is -0.236. The van der Waals surface area contributed by atoms with E-state index >= 15 is 0 Å². The number of anilines is 2. The summed E-state index contributed by atoms with van der Waals surface area (Å²) in [5, 5.41) is 41.7. The van der Waals surface area contributed by atoms with Gasteiger partial charge in [-0.15, -0.1) is 0 Å². The van der Waals surface area contributed by atoms with Crippen molar-refractivity contribution in [1.29, 1.82) is 0 Å². The van der Waals surface area contributed by atoms with Crippen molar-refractivity contribution in [2.24, 2.45) is 0 Å². The molecule has 21 heteroatoms. The van der Waals surface area contributed by atoms with E-state index in [1.807, 2.05) is 0 Å². The topological polar surface area (TPSA) is 297 Å². The molecule has 41 heavy (non-hydrogen) atoms. The second kappa shape index (κ2) is 10.4. The van der Waals surface area contributed by atoms with Crippen LogP contribution in [0.3, 0.4) is 0 Å². The van der Waals surface area contributed by atoms with Gasteiger partial charge < -0.3 is 55.3 Å². The molecule has 8 N–H and O–H groups in total. The highest BCUT2D eigenvalue weighted by molar-refractivity contribution is 7.45. The van der Waals surface area contributed by atoms with Crippen molar-refractivity contribution < 1.29 is 48.4 Å². The number of hydrogen-bond donors (Lipinski definition) is 6. The maximum absolute atomic E-state index is 12.7. The molecule has 0 spiro atoms. The Hall–Kier alpha value is -3.43. The standard InChI is InChI=1S/C20H25N10O10P/c21-15-9-17(25-3-23-15)29(5-27-9)19-12(33)11(32)8(39-19)2-37-41(35,36)40-14-7(1-31)38-20(13(14)34)30-6-28-10-16(22)24-4-26-18(10)30/h3-8,11-14,19-20,31-34H,1-2H2,(H,35,36)(H2,21,23,25)(H2,22,24,26)/p-1/t7-,8-,11?,12?,13?,14?,19-,20-/m1/s1. The first-order chi connectivity index (χ1) is 19.6. The lowest BCUT2D eigenvalue weighted by Crippen LogP contribution is -2.38. The molecular weight excluding hydrogens is 571 g/mol. The van der Waals surface area contributed by atoms with Crippen LogP contribution in [-0.4, -0.2) is 109 Å². The highest BCUT2D eigenvalue weighted by Gasteiger charge is 2.48. The highest BCUT2D eigenvalue weighted by Crippen LogP contribution is 2.46. The molecule has 0 aliphatic carbocycles. The molecule has 4 aromatic rings. The van der Waals surface area contributed by atoms with E-state index in [-0.39, 0.29) is 34.0 Å². The predicted octanol–water partition coefficient (Wildman–Crippen LogP) is -3.43. The molecule has 20 nitrogen and oxygen atoms in total. The number of aliphatic hydroxyl groups is 4. The monoisotopic (exact) mass is 595 g/mol. The zero-order chi connectivity index (χ0) is 29.1. The Morgan fingerprint density at radius 2 is 1.39 bits per heavy atom. The fourth-order valence-electron chi connectivity index (χ4n) is 4.78. The summed E-state index contributed by atoms with van der Waals surface area (Å²) in [4.78, 5) is 36.7. The molecular formula is C20H24N10O10P-. The van der Waals surface area contributed by atoms with Gasteiger partial charge in [0.05, 0.1) is 25.9 Å². The molecule has 0 radical (unpaired) electrons. The average molecular weight is 595 g/mol. The van der Waals surface area contributed by atoms with Crippen molar-refractivity contribution in [2.75, 3.05) is 24.7 Å². The summed E-state index contributed by atoms with van der Waals surface area (Å²) in [6, 6.07) is 0. The van der Waals surface area contributed by atoms with Crippen LogP contribution in [0.5, 0.6) is 0 Å². The SMILES string of the molecule is Nc1ncnc2c1ncn2[C@@H]1O[C@H](COP(=O)([O-])OC2C(O)[C@H](n3cnc4c(N)ncnc43)O[C@@H]2CO)C(O)C1O. The Morgan fingerprint density at radius 1 is 0.854 bits per heavy atom. The molecule has 6 rings (SSSR count). The quantitative estimate of drug-likeness (QED) is 0.108. The predicted molar refractivity (Wildman–Crippen MR) is 131 cm³/mol. The summed E-state index contributed by atoms with van der Waals surface area (Å²) in [6.07, 6.45) is -6.51. The van der Waals surface area contributed by atoms with Gasteiger partial charge in [-0.05, 0) is 0 Å². The number of nitrogen functional groups attached to an aromatic ring is 2. The highest BCUT2D eigenvalue weighted by atomic mass is 31.2. The number of imidazole rings is 2. The summed E-state index contributed by atoms with van der Waals surface area (Å²) in [5.41, 5.74) is 12.4. The van der Waals surface area contributed by atoms with Crippen molar-refractivity contribution in [3.63, 3.8) is 0 Å². The van der Waals surface area contributed by atoms with Gasteiger partial charge in [0.25, 0.3) is 7.82 Å². The normalized spacial score (nSPS) is 31.7. The first-order valence-corrected chi connectivity index (χ1v) is 13.5. The maximum atomic E-state index is 12.7. The lowest BCUT2D eigenvalue weighted by atomic mass is 10.1. The summed E-state index contributed by atoms with van der Waals surface area (Å²) < 4.78 is 36.6. The van der Waals surface area contributed by atoms with Crippen LogP contribution in [0.2, 0.25) is 0 Å². The van der Waals surface area contributed by atoms with Crippen molar-refractivity contribution in [3.8, 4) is 0 Å². The third kappa shape index (κ3) is 4.78. The Kier molecular flexibility index (Phi) is 7.06. The molecule has 4 aromatic heterocycles. The summed E-state index contributed by atoms with van der Waals surface area (Å²) in [7, 11) is -5.21. The van der Waals surface area contributed by atoms with Gasteiger partial charge in [-0.2, -0.15) is 0 Å². The molecule has 2 fully saturated rings. The fourth-order valence-corrected chi connectivity index (χ4v) is 5.73. The van der Waals surface area contributed by atoms with E-state index in [1.54, 1.807) is 0 Å². The first kappa shape index (κ1) is 27.7. The Labute approximate surface area is 228 Å². The number of aromatic nitrogens is 8. The minimum Gasteiger partial charge on any atom is -0.756 e. The molecule has 0 saturated carbocycles. The van der Waals surface area contributed by atoms with E-state index < -0.39 is 70.1 Å². The molecule has 5 unspecified atom stereocenters. The van der Waals surface area contributed by atoms with Crippen LogP contribution in [0.25, 0.3) is 22.3 Å². The molecule has 2 aliphatic rings. The van der Waals surface area contributed by atoms with Crippen LogP contribution in [0.1, 0.15) is 12.5 Å². The molecule has 9 atom stereocenters. The second-order valence-corrected chi connectivity index (χ2v) is 10.6. The van der Waals surface area contributed by atoms with Gasteiger partial charge in [-0.25, -0.2) is 29.9 Å². The van der Waals surface area contributed by atoms with Gasteiger partial charge in [0.15, 0.2) is 35.4 Å². The minimum absolute atomic E-state index is 0.0764. The molecule has 2 aliphatic heterocycles. The van der Waals surface area contributed by atoms with Crippen LogP contribution in [0.4, 0.5) is 11.6 Å². The third-order valence-corrected chi connectivity index (χ3v) is 7.76. The number of phosphoric ester groups is 1. The van der Waals surface area contributed by atoms with Crippen LogP contribution in [0.15, 0.2) is 25.3 Å². The number of phosphoric acid groups is 1. The van der Waals surface area contributed by atoms with Gasteiger partial charge in [-0.1, -0.05) is 0 Å². The number of hydrogen-bond acceptors (Lipinski definition) is 18. The minimum atomic E-state index is -5.21. The van der Waals surface area contributed by atoms with Gasteiger partial charge in [0.1, 0.15) is 60.3 Å². The molecule has 0 bridgehead atoms. The molecule has 6 heterocycles. The van der Waals surface area contributed by atoms with E-state index in [2.05, 4.69) is 29.9 Å². The largest absolute Gasteiger partial charge is 0.756 e. The van der Waals surface area contributed by atoms with Crippen molar-refractivity contribution in [3.05, 3.63) is 25.3 Å². The second-order valence-electron chi connectivity index (χ2n) is 9.26. The Balaban J connectivity index is 1.14. The van der Waals surface area contributed by atoms with Gasteiger partial charge in [0, 0.05) is 0 Å². The molecule has 220 valence electrons. The van der Waals surface area contributed by atoms with Crippen LogP contribution >= 0.6 is 7.82 Å². The van der Waals surface area contributed by atoms with E-state index in [0.29, 0.717) is 0 Å². The number of nitrogens with two attached hydrogens (primary N) is 2. The number of ether oxygens (including phenoxy) is 2. The van der Waals surface area contributed by atoms with Gasteiger partial charge >= 0.3 is 0 Å². The van der Waals surface area contributed by atoms with Crippen LogP contribution in [0, 0.1) is 0 Å². The maximum Gasteiger partial charge on any atom is 0.268 e. The van der Waals surface area contributed by atoms with E-state index in [0.717, 1.165) is 0 Å². The fraction of sp³-hybridized carbons (Fsp3) is 0.500. The van der Waals surface area contributed by atoms with Crippen LogP contribution in [-0.2, 0) is 23.1 Å². The molecule has 0 aromatic carbocycles. The summed E-state index contributed by atoms with van der Waals surface area (Å²) in [5.74, 6) is 0.166. The number of aliphatic hydroxyl groups excluding tert-OH is 4. The van der Waals surface area contributed by atoms with Crippen molar-refractivity contribution in [1.82, 2.24) is 39.0 Å². The Bertz CT molecular complexity index is 1620. The first-order valence-electron chi connectivity index (χ1n) is 12.1. The van der Waals surface area contributed by atoms with Gasteiger partial charge in [0.2, 0.25) is 0 Å². The smallest absolute Gasteiger partial charge is 0.268 e. The summed E-state index contributed by atoms with van der Waals surface area (Å²) >= 11 is 0. The number of nitrogens with zero attached hydrogens (tertiary/aromatic N) is 8. The van der Waals surface area contributed by atoms with E-state index in [4.69, 9.17) is 30.0 Å². The van der Waals surface area contributed by atoms with Gasteiger partial charge in [-0.3, -0.25) is 13.7 Å². The summed E-state index contributed by atoms with van der Waals surface area (Å²) in [6.45, 7) is -1.48. The number of fused-ring (bicyclic) bond motifs is 2. The Morgan fingerprint density at radius 3 is 1.95 bits per heavy atom. The zero-order valence-corrected chi connectivity index (χ0v) is 21.7. The molecule has 2 saturated heterocycles. The van der Waals surface area contributed by atoms with Crippen LogP contribution < -0.4 is 16.4 Å². The van der Waals surface area contributed by atoms with Crippen molar-refractivity contribution >= 4 is 41.8 Å². The molecule has 0 amide bonds. The van der Waals surface area contributed by atoms with E-state index in [9.17, 15) is 29.9 Å². The van der Waals surface area contributed by atoms with E-state index in [1.165, 1.54) is 34.4 Å². The zero-order valence-electron chi connectivity index (χ0n) is 20.8. The number of rotatable bonds is 8. The van der Waals surface area contributed by atoms with Crippen molar-refractivity contribution in [2.45, 2.75) is 49.1 Å². The third-order valence-electron chi connectivity index (χ3n) is 6.80. The lowest BCUT2D eigenvalue weighted by Gasteiger charge is -2.30.